The van der Waals surface area contributed by atoms with Gasteiger partial charge in [0, 0.05) is 18.4 Å². The van der Waals surface area contributed by atoms with Crippen LogP contribution in [0.25, 0.3) is 10.8 Å². The first kappa shape index (κ1) is 12.2. The second-order valence-corrected chi connectivity index (χ2v) is 5.26. The number of amides is 1. The van der Waals surface area contributed by atoms with E-state index in [9.17, 15) is 4.79 Å². The molecule has 3 rings (SSSR count). The molecule has 1 amide bonds. The molecule has 1 fully saturated rings. The molecule has 2 aromatic rings. The fourth-order valence-electron chi connectivity index (χ4n) is 2.88. The number of fused-ring (bicyclic) bond motifs is 1. The lowest BCUT2D eigenvalue weighted by Crippen LogP contribution is -2.26. The van der Waals surface area contributed by atoms with Crippen LogP contribution in [-0.2, 0) is 4.79 Å². The van der Waals surface area contributed by atoms with Crippen LogP contribution in [0.4, 0.5) is 5.69 Å². The fourth-order valence-corrected chi connectivity index (χ4v) is 2.88. The van der Waals surface area contributed by atoms with Crippen LogP contribution in [-0.4, -0.2) is 19.0 Å². The topological polar surface area (TPSA) is 46.3 Å². The number of hydrogen-bond acceptors (Lipinski definition) is 2. The first-order valence-electron chi connectivity index (χ1n) is 6.69. The van der Waals surface area contributed by atoms with E-state index in [0.29, 0.717) is 13.0 Å². The van der Waals surface area contributed by atoms with Crippen molar-refractivity contribution < 1.29 is 4.79 Å². The molecular formula is C16H18N2O. The van der Waals surface area contributed by atoms with Gasteiger partial charge in [-0.3, -0.25) is 4.79 Å². The molecule has 0 aromatic heterocycles. The molecule has 0 spiro atoms. The predicted molar refractivity (Wildman–Crippen MR) is 78.2 cm³/mol. The van der Waals surface area contributed by atoms with Crippen molar-refractivity contribution in [3.63, 3.8) is 0 Å². The molecule has 1 heterocycles. The van der Waals surface area contributed by atoms with E-state index >= 15 is 0 Å². The maximum atomic E-state index is 12.2. The van der Waals surface area contributed by atoms with Crippen LogP contribution in [0, 0.1) is 12.8 Å². The lowest BCUT2D eigenvalue weighted by atomic mass is 10.0. The van der Waals surface area contributed by atoms with Gasteiger partial charge >= 0.3 is 0 Å². The van der Waals surface area contributed by atoms with Crippen LogP contribution in [0.1, 0.15) is 12.0 Å². The van der Waals surface area contributed by atoms with E-state index in [1.165, 1.54) is 5.39 Å². The molecule has 0 saturated carbocycles. The van der Waals surface area contributed by atoms with Gasteiger partial charge in [0.1, 0.15) is 0 Å². The highest BCUT2D eigenvalue weighted by Crippen LogP contribution is 2.34. The lowest BCUT2D eigenvalue weighted by Gasteiger charge is -2.21. The molecule has 1 atom stereocenters. The summed E-state index contributed by atoms with van der Waals surface area (Å²) in [6.07, 6.45) is 0.569. The Morgan fingerprint density at radius 1 is 1.26 bits per heavy atom. The summed E-state index contributed by atoms with van der Waals surface area (Å²) >= 11 is 0. The lowest BCUT2D eigenvalue weighted by molar-refractivity contribution is -0.117. The highest BCUT2D eigenvalue weighted by atomic mass is 16.2. The van der Waals surface area contributed by atoms with Crippen molar-refractivity contribution in [2.75, 3.05) is 18.0 Å². The van der Waals surface area contributed by atoms with Gasteiger partial charge in [-0.1, -0.05) is 36.4 Å². The smallest absolute Gasteiger partial charge is 0.227 e. The van der Waals surface area contributed by atoms with Gasteiger partial charge in [-0.05, 0) is 30.3 Å². The Morgan fingerprint density at radius 3 is 2.79 bits per heavy atom. The van der Waals surface area contributed by atoms with Crippen LogP contribution in [0.2, 0.25) is 0 Å². The summed E-state index contributed by atoms with van der Waals surface area (Å²) in [4.78, 5) is 14.1. The monoisotopic (exact) mass is 254 g/mol. The zero-order valence-electron chi connectivity index (χ0n) is 11.1. The molecule has 0 aliphatic carbocycles. The van der Waals surface area contributed by atoms with E-state index in [1.807, 2.05) is 17.0 Å². The van der Waals surface area contributed by atoms with Crippen LogP contribution >= 0.6 is 0 Å². The molecule has 3 nitrogen and oxygen atoms in total. The Bertz CT molecular complexity index is 636. The molecule has 19 heavy (non-hydrogen) atoms. The van der Waals surface area contributed by atoms with Crippen molar-refractivity contribution in [2.24, 2.45) is 11.7 Å². The van der Waals surface area contributed by atoms with Gasteiger partial charge in [-0.2, -0.15) is 0 Å². The number of nitrogens with zero attached hydrogens (tertiary/aromatic N) is 1. The second-order valence-electron chi connectivity index (χ2n) is 5.26. The Labute approximate surface area is 113 Å². The average molecular weight is 254 g/mol. The molecule has 1 aliphatic heterocycles. The summed E-state index contributed by atoms with van der Waals surface area (Å²) in [7, 11) is 0. The number of carbonyl (C=O) groups excluding carboxylic acids is 1. The molecule has 2 aromatic carbocycles. The van der Waals surface area contributed by atoms with E-state index in [2.05, 4.69) is 31.2 Å². The number of carbonyl (C=O) groups is 1. The highest BCUT2D eigenvalue weighted by Gasteiger charge is 2.31. The Morgan fingerprint density at radius 2 is 2.05 bits per heavy atom. The number of nitrogens with two attached hydrogens (primary N) is 1. The minimum absolute atomic E-state index is 0.190. The summed E-state index contributed by atoms with van der Waals surface area (Å²) in [6, 6.07) is 12.4. The predicted octanol–water partition coefficient (Wildman–Crippen LogP) is 2.46. The van der Waals surface area contributed by atoms with Crippen LogP contribution < -0.4 is 10.6 Å². The van der Waals surface area contributed by atoms with E-state index in [0.717, 1.165) is 23.2 Å². The molecule has 98 valence electrons. The van der Waals surface area contributed by atoms with Gasteiger partial charge in [0.25, 0.3) is 0 Å². The van der Waals surface area contributed by atoms with Crippen molar-refractivity contribution in [3.8, 4) is 0 Å². The third-order valence-corrected chi connectivity index (χ3v) is 3.91. The molecule has 1 saturated heterocycles. The Hall–Kier alpha value is -1.87. The summed E-state index contributed by atoms with van der Waals surface area (Å²) in [5.74, 6) is 0.473. The van der Waals surface area contributed by atoms with Crippen molar-refractivity contribution in [3.05, 3.63) is 42.0 Å². The molecule has 0 radical (unpaired) electrons. The number of rotatable bonds is 2. The van der Waals surface area contributed by atoms with E-state index < -0.39 is 0 Å². The van der Waals surface area contributed by atoms with Gasteiger partial charge in [-0.15, -0.1) is 0 Å². The number of hydrogen-bond donors (Lipinski definition) is 1. The molecule has 3 heteroatoms. The third kappa shape index (κ3) is 2.00. The third-order valence-electron chi connectivity index (χ3n) is 3.91. The summed E-state index contributed by atoms with van der Waals surface area (Å²) in [5, 5.41) is 2.32. The SMILES string of the molecule is Cc1ccc2ccccc2c1N1CC(CN)CC1=O. The zero-order chi connectivity index (χ0) is 13.4. The van der Waals surface area contributed by atoms with E-state index in [-0.39, 0.29) is 11.8 Å². The highest BCUT2D eigenvalue weighted by molar-refractivity contribution is 6.06. The zero-order valence-corrected chi connectivity index (χ0v) is 11.1. The second kappa shape index (κ2) is 4.67. The normalized spacial score (nSPS) is 19.4. The Balaban J connectivity index is 2.14. The average Bonchev–Trinajstić information content (AvgIpc) is 2.80. The van der Waals surface area contributed by atoms with Gasteiger partial charge in [0.05, 0.1) is 5.69 Å². The summed E-state index contributed by atoms with van der Waals surface area (Å²) < 4.78 is 0. The molecular weight excluding hydrogens is 236 g/mol. The van der Waals surface area contributed by atoms with E-state index in [4.69, 9.17) is 5.73 Å². The quantitative estimate of drug-likeness (QED) is 0.894. The maximum Gasteiger partial charge on any atom is 0.227 e. The molecule has 1 unspecified atom stereocenters. The van der Waals surface area contributed by atoms with Crippen molar-refractivity contribution in [2.45, 2.75) is 13.3 Å². The van der Waals surface area contributed by atoms with Crippen LogP contribution in [0.3, 0.4) is 0 Å². The minimum Gasteiger partial charge on any atom is -0.330 e. The largest absolute Gasteiger partial charge is 0.330 e. The summed E-state index contributed by atoms with van der Waals surface area (Å²) in [5.41, 5.74) is 7.91. The minimum atomic E-state index is 0.190. The first-order valence-corrected chi connectivity index (χ1v) is 6.69. The fraction of sp³-hybridized carbons (Fsp3) is 0.312. The van der Waals surface area contributed by atoms with Gasteiger partial charge in [0.15, 0.2) is 0 Å². The maximum absolute atomic E-state index is 12.2. The van der Waals surface area contributed by atoms with Gasteiger partial charge in [0.2, 0.25) is 5.91 Å². The van der Waals surface area contributed by atoms with Gasteiger partial charge in [-0.25, -0.2) is 0 Å². The summed E-state index contributed by atoms with van der Waals surface area (Å²) in [6.45, 7) is 3.38. The van der Waals surface area contributed by atoms with Gasteiger partial charge < -0.3 is 10.6 Å². The van der Waals surface area contributed by atoms with Crippen molar-refractivity contribution in [1.29, 1.82) is 0 Å². The standard InChI is InChI=1S/C16H18N2O/c1-11-6-7-13-4-2-3-5-14(13)16(11)18-10-12(9-17)8-15(18)19/h2-7,12H,8-10,17H2,1H3. The first-order chi connectivity index (χ1) is 9.20. The van der Waals surface area contributed by atoms with Crippen molar-refractivity contribution >= 4 is 22.4 Å². The number of aryl methyl sites for hydroxylation is 1. The molecule has 2 N–H and O–H groups in total. The Kier molecular flexibility index (Phi) is 2.99. The molecule has 0 bridgehead atoms. The molecule has 1 aliphatic rings. The number of anilines is 1. The van der Waals surface area contributed by atoms with Crippen LogP contribution in [0.5, 0.6) is 0 Å². The van der Waals surface area contributed by atoms with Crippen LogP contribution in [0.15, 0.2) is 36.4 Å². The van der Waals surface area contributed by atoms with E-state index in [1.54, 1.807) is 0 Å². The number of benzene rings is 2. The van der Waals surface area contributed by atoms with Crippen molar-refractivity contribution in [1.82, 2.24) is 0 Å².